The van der Waals surface area contributed by atoms with Crippen LogP contribution in [0.4, 0.5) is 5.69 Å². The van der Waals surface area contributed by atoms with Crippen molar-refractivity contribution in [3.05, 3.63) is 24.0 Å². The van der Waals surface area contributed by atoms with Crippen LogP contribution in [0.15, 0.2) is 18.3 Å². The van der Waals surface area contributed by atoms with Gasteiger partial charge in [0.1, 0.15) is 5.69 Å². The summed E-state index contributed by atoms with van der Waals surface area (Å²) in [5.41, 5.74) is 6.99. The first kappa shape index (κ1) is 13.4. The number of aromatic nitrogens is 1. The number of pyridine rings is 1. The second kappa shape index (κ2) is 6.20. The van der Waals surface area contributed by atoms with Crippen LogP contribution in [-0.2, 0) is 0 Å². The predicted octanol–water partition coefficient (Wildman–Crippen LogP) is 0.615. The van der Waals surface area contributed by atoms with Crippen molar-refractivity contribution in [2.45, 2.75) is 19.9 Å². The SMILES string of the molecule is CNC(=O)c1cc(N(CCN)C(C)C)ccn1. The summed E-state index contributed by atoms with van der Waals surface area (Å²) in [5.74, 6) is -0.177. The predicted molar refractivity (Wildman–Crippen MR) is 69.2 cm³/mol. The number of carbonyl (C=O) groups is 1. The molecular formula is C12H20N4O. The first-order valence-electron chi connectivity index (χ1n) is 5.75. The van der Waals surface area contributed by atoms with E-state index < -0.39 is 0 Å². The third kappa shape index (κ3) is 3.42. The monoisotopic (exact) mass is 236 g/mol. The fourth-order valence-corrected chi connectivity index (χ4v) is 1.67. The average molecular weight is 236 g/mol. The fraction of sp³-hybridized carbons (Fsp3) is 0.500. The molecule has 1 aromatic heterocycles. The minimum atomic E-state index is -0.177. The Morgan fingerprint density at radius 3 is 2.82 bits per heavy atom. The van der Waals surface area contributed by atoms with Crippen LogP contribution in [0.2, 0.25) is 0 Å². The quantitative estimate of drug-likeness (QED) is 0.786. The summed E-state index contributed by atoms with van der Waals surface area (Å²) < 4.78 is 0. The van der Waals surface area contributed by atoms with Crippen molar-refractivity contribution in [1.82, 2.24) is 10.3 Å². The molecule has 17 heavy (non-hydrogen) atoms. The number of hydrogen-bond acceptors (Lipinski definition) is 4. The van der Waals surface area contributed by atoms with Crippen LogP contribution in [0.1, 0.15) is 24.3 Å². The van der Waals surface area contributed by atoms with Gasteiger partial charge in [-0.3, -0.25) is 9.78 Å². The molecule has 0 saturated heterocycles. The molecule has 0 aliphatic rings. The van der Waals surface area contributed by atoms with Crippen LogP contribution >= 0.6 is 0 Å². The van der Waals surface area contributed by atoms with Gasteiger partial charge in [0.2, 0.25) is 0 Å². The number of nitrogens with one attached hydrogen (secondary N) is 1. The zero-order chi connectivity index (χ0) is 12.8. The number of hydrogen-bond donors (Lipinski definition) is 2. The molecule has 0 aliphatic heterocycles. The Labute approximate surface area is 102 Å². The Balaban J connectivity index is 2.99. The Morgan fingerprint density at radius 2 is 2.29 bits per heavy atom. The normalized spacial score (nSPS) is 10.4. The number of nitrogens with zero attached hydrogens (tertiary/aromatic N) is 2. The van der Waals surface area contributed by atoms with Crippen molar-refractivity contribution in [1.29, 1.82) is 0 Å². The van der Waals surface area contributed by atoms with E-state index in [-0.39, 0.29) is 5.91 Å². The summed E-state index contributed by atoms with van der Waals surface area (Å²) in [7, 11) is 1.59. The topological polar surface area (TPSA) is 71.2 Å². The molecule has 0 spiro atoms. The lowest BCUT2D eigenvalue weighted by atomic mass is 10.2. The standard InChI is InChI=1S/C12H20N4O/c1-9(2)16(7-5-13)10-4-6-15-11(8-10)12(17)14-3/h4,6,8-9H,5,7,13H2,1-3H3,(H,14,17). The molecule has 3 N–H and O–H groups in total. The van der Waals surface area contributed by atoms with Crippen LogP contribution in [0.25, 0.3) is 0 Å². The third-order valence-electron chi connectivity index (χ3n) is 2.53. The Bertz CT molecular complexity index is 379. The fourth-order valence-electron chi connectivity index (χ4n) is 1.67. The molecule has 0 aliphatic carbocycles. The van der Waals surface area contributed by atoms with Gasteiger partial charge in [0.25, 0.3) is 5.91 Å². The molecule has 0 unspecified atom stereocenters. The van der Waals surface area contributed by atoms with Crippen molar-refractivity contribution >= 4 is 11.6 Å². The smallest absolute Gasteiger partial charge is 0.269 e. The maximum atomic E-state index is 11.5. The van der Waals surface area contributed by atoms with Crippen molar-refractivity contribution in [3.63, 3.8) is 0 Å². The highest BCUT2D eigenvalue weighted by atomic mass is 16.1. The van der Waals surface area contributed by atoms with Crippen molar-refractivity contribution in [3.8, 4) is 0 Å². The van der Waals surface area contributed by atoms with Gasteiger partial charge in [-0.1, -0.05) is 0 Å². The van der Waals surface area contributed by atoms with Crippen molar-refractivity contribution in [2.75, 3.05) is 25.0 Å². The second-order valence-corrected chi connectivity index (χ2v) is 4.05. The van der Waals surface area contributed by atoms with Gasteiger partial charge in [0.15, 0.2) is 0 Å². The molecule has 94 valence electrons. The maximum Gasteiger partial charge on any atom is 0.269 e. The van der Waals surface area contributed by atoms with E-state index in [0.717, 1.165) is 12.2 Å². The number of amides is 1. The van der Waals surface area contributed by atoms with Gasteiger partial charge in [-0.2, -0.15) is 0 Å². The van der Waals surface area contributed by atoms with Crippen molar-refractivity contribution < 1.29 is 4.79 Å². The highest BCUT2D eigenvalue weighted by molar-refractivity contribution is 5.92. The van der Waals surface area contributed by atoms with Crippen LogP contribution in [-0.4, -0.2) is 37.1 Å². The van der Waals surface area contributed by atoms with Crippen molar-refractivity contribution in [2.24, 2.45) is 5.73 Å². The van der Waals surface area contributed by atoms with Gasteiger partial charge in [-0.15, -0.1) is 0 Å². The van der Waals surface area contributed by atoms with Crippen LogP contribution in [0.5, 0.6) is 0 Å². The highest BCUT2D eigenvalue weighted by Gasteiger charge is 2.12. The molecule has 0 atom stereocenters. The van der Waals surface area contributed by atoms with Gasteiger partial charge in [-0.05, 0) is 26.0 Å². The van der Waals surface area contributed by atoms with Gasteiger partial charge in [0.05, 0.1) is 0 Å². The minimum absolute atomic E-state index is 0.177. The summed E-state index contributed by atoms with van der Waals surface area (Å²) in [4.78, 5) is 17.7. The molecule has 0 bridgehead atoms. The lowest BCUT2D eigenvalue weighted by Gasteiger charge is -2.28. The zero-order valence-corrected chi connectivity index (χ0v) is 10.6. The molecule has 1 heterocycles. The molecule has 1 aromatic rings. The number of rotatable bonds is 5. The van der Waals surface area contributed by atoms with E-state index in [1.54, 1.807) is 19.3 Å². The highest BCUT2D eigenvalue weighted by Crippen LogP contribution is 2.16. The number of carbonyl (C=O) groups excluding carboxylic acids is 1. The summed E-state index contributed by atoms with van der Waals surface area (Å²) in [6.07, 6.45) is 1.64. The molecule has 1 amide bonds. The Hall–Kier alpha value is -1.62. The van der Waals surface area contributed by atoms with E-state index in [1.807, 2.05) is 6.07 Å². The minimum Gasteiger partial charge on any atom is -0.368 e. The average Bonchev–Trinajstić information content (AvgIpc) is 2.34. The van der Waals surface area contributed by atoms with Crippen LogP contribution in [0.3, 0.4) is 0 Å². The third-order valence-corrected chi connectivity index (χ3v) is 2.53. The van der Waals surface area contributed by atoms with E-state index in [0.29, 0.717) is 18.3 Å². The second-order valence-electron chi connectivity index (χ2n) is 4.05. The van der Waals surface area contributed by atoms with E-state index in [4.69, 9.17) is 5.73 Å². The lowest BCUT2D eigenvalue weighted by Crippen LogP contribution is -2.35. The summed E-state index contributed by atoms with van der Waals surface area (Å²) in [6, 6.07) is 4.01. The van der Waals surface area contributed by atoms with E-state index in [9.17, 15) is 4.79 Å². The largest absolute Gasteiger partial charge is 0.368 e. The van der Waals surface area contributed by atoms with Crippen LogP contribution in [0, 0.1) is 0 Å². The lowest BCUT2D eigenvalue weighted by molar-refractivity contribution is 0.0958. The molecular weight excluding hydrogens is 216 g/mol. The van der Waals surface area contributed by atoms with E-state index in [2.05, 4.69) is 29.0 Å². The maximum absolute atomic E-state index is 11.5. The molecule has 1 rings (SSSR count). The zero-order valence-electron chi connectivity index (χ0n) is 10.6. The summed E-state index contributed by atoms with van der Waals surface area (Å²) >= 11 is 0. The van der Waals surface area contributed by atoms with E-state index in [1.165, 1.54) is 0 Å². The summed E-state index contributed by atoms with van der Waals surface area (Å²) in [6.45, 7) is 5.52. The number of anilines is 1. The molecule has 5 nitrogen and oxygen atoms in total. The van der Waals surface area contributed by atoms with Gasteiger partial charge in [-0.25, -0.2) is 0 Å². The van der Waals surface area contributed by atoms with E-state index >= 15 is 0 Å². The molecule has 0 saturated carbocycles. The first-order chi connectivity index (χ1) is 8.10. The van der Waals surface area contributed by atoms with Gasteiger partial charge >= 0.3 is 0 Å². The first-order valence-corrected chi connectivity index (χ1v) is 5.75. The van der Waals surface area contributed by atoms with Gasteiger partial charge < -0.3 is 16.0 Å². The Kier molecular flexibility index (Phi) is 4.90. The molecule has 0 aromatic carbocycles. The molecule has 0 fully saturated rings. The van der Waals surface area contributed by atoms with Crippen LogP contribution < -0.4 is 16.0 Å². The number of nitrogens with two attached hydrogens (primary N) is 1. The molecule has 0 radical (unpaired) electrons. The van der Waals surface area contributed by atoms with Gasteiger partial charge in [0, 0.05) is 38.1 Å². The Morgan fingerprint density at radius 1 is 1.59 bits per heavy atom. The molecule has 5 heteroatoms. The summed E-state index contributed by atoms with van der Waals surface area (Å²) in [5, 5.41) is 2.56.